The number of amides is 1. The quantitative estimate of drug-likeness (QED) is 0.645. The number of para-hydroxylation sites is 2. The Hall–Kier alpha value is -2.04. The van der Waals surface area contributed by atoms with Gasteiger partial charge in [0.05, 0.1) is 12.2 Å². The maximum Gasteiger partial charge on any atom is 0.331 e. The Kier molecular flexibility index (Phi) is 3.46. The van der Waals surface area contributed by atoms with Crippen LogP contribution in [-0.2, 0) is 9.59 Å². The van der Waals surface area contributed by atoms with Crippen LogP contribution in [0.5, 0.6) is 5.75 Å². The summed E-state index contributed by atoms with van der Waals surface area (Å²) >= 11 is 0. The second-order valence-corrected chi connectivity index (χ2v) is 5.60. The zero-order valence-corrected chi connectivity index (χ0v) is 11.4. The van der Waals surface area contributed by atoms with Crippen LogP contribution in [0.25, 0.3) is 0 Å². The highest BCUT2D eigenvalue weighted by Gasteiger charge is 2.26. The van der Waals surface area contributed by atoms with E-state index in [1.807, 2.05) is 32.9 Å². The number of nitrogens with zero attached hydrogens (tertiary/aromatic N) is 1. The molecule has 19 heavy (non-hydrogen) atoms. The predicted octanol–water partition coefficient (Wildman–Crippen LogP) is 1.33. The summed E-state index contributed by atoms with van der Waals surface area (Å²) in [5, 5.41) is 2.88. The molecule has 1 heterocycles. The van der Waals surface area contributed by atoms with Crippen LogP contribution in [-0.4, -0.2) is 30.5 Å². The molecule has 5 nitrogen and oxygen atoms in total. The van der Waals surface area contributed by atoms with E-state index < -0.39 is 0 Å². The van der Waals surface area contributed by atoms with Crippen LogP contribution in [0.1, 0.15) is 20.8 Å². The lowest BCUT2D eigenvalue weighted by Crippen LogP contribution is -2.48. The number of hydrogen-bond acceptors (Lipinski definition) is 4. The van der Waals surface area contributed by atoms with Gasteiger partial charge in [0.25, 0.3) is 0 Å². The Labute approximate surface area is 112 Å². The predicted molar refractivity (Wildman–Crippen MR) is 72.2 cm³/mol. The van der Waals surface area contributed by atoms with E-state index in [-0.39, 0.29) is 30.5 Å². The van der Waals surface area contributed by atoms with Gasteiger partial charge in [-0.25, -0.2) is 4.79 Å². The Morgan fingerprint density at radius 1 is 1.37 bits per heavy atom. The molecule has 0 atom stereocenters. The van der Waals surface area contributed by atoms with E-state index >= 15 is 0 Å². The first-order valence-corrected chi connectivity index (χ1v) is 6.21. The largest absolute Gasteiger partial charge is 0.423 e. The number of benzene rings is 1. The van der Waals surface area contributed by atoms with Gasteiger partial charge in [0.15, 0.2) is 5.75 Å². The smallest absolute Gasteiger partial charge is 0.331 e. The van der Waals surface area contributed by atoms with Gasteiger partial charge >= 0.3 is 5.97 Å². The summed E-state index contributed by atoms with van der Waals surface area (Å²) in [4.78, 5) is 25.2. The van der Waals surface area contributed by atoms with E-state index in [0.29, 0.717) is 5.75 Å². The number of esters is 1. The van der Waals surface area contributed by atoms with E-state index in [0.717, 1.165) is 5.69 Å². The number of ether oxygens (including phenoxy) is 1. The van der Waals surface area contributed by atoms with Crippen LogP contribution >= 0.6 is 0 Å². The molecule has 0 aromatic heterocycles. The molecule has 1 aromatic carbocycles. The number of fused-ring (bicyclic) bond motifs is 1. The van der Waals surface area contributed by atoms with Crippen molar-refractivity contribution in [2.75, 3.05) is 18.0 Å². The van der Waals surface area contributed by atoms with Crippen molar-refractivity contribution in [1.29, 1.82) is 0 Å². The lowest BCUT2D eigenvalue weighted by atomic mass is 10.1. The molecule has 1 aliphatic heterocycles. The molecule has 0 fully saturated rings. The maximum absolute atomic E-state index is 11.9. The van der Waals surface area contributed by atoms with Crippen molar-refractivity contribution in [3.05, 3.63) is 24.3 Å². The van der Waals surface area contributed by atoms with E-state index in [4.69, 9.17) is 4.74 Å². The Morgan fingerprint density at radius 3 is 2.74 bits per heavy atom. The molecule has 2 rings (SSSR count). The topological polar surface area (TPSA) is 58.6 Å². The number of hydrogen-bond donors (Lipinski definition) is 1. The number of carbonyl (C=O) groups is 2. The van der Waals surface area contributed by atoms with Gasteiger partial charge in [-0.15, -0.1) is 0 Å². The SMILES string of the molecule is CC(C)(C)NC(=O)CN1CC(=O)Oc2ccccc21. The molecule has 0 spiro atoms. The van der Waals surface area contributed by atoms with Crippen LogP contribution in [0, 0.1) is 0 Å². The molecule has 1 N–H and O–H groups in total. The first-order chi connectivity index (χ1) is 8.85. The van der Waals surface area contributed by atoms with Crippen molar-refractivity contribution in [2.45, 2.75) is 26.3 Å². The van der Waals surface area contributed by atoms with Crippen molar-refractivity contribution in [2.24, 2.45) is 0 Å². The molecule has 1 aliphatic rings. The first kappa shape index (κ1) is 13.4. The minimum atomic E-state index is -0.345. The van der Waals surface area contributed by atoms with Gasteiger partial charge in [-0.1, -0.05) is 12.1 Å². The number of rotatable bonds is 2. The van der Waals surface area contributed by atoms with Crippen molar-refractivity contribution in [3.8, 4) is 5.75 Å². The van der Waals surface area contributed by atoms with Gasteiger partial charge in [0, 0.05) is 5.54 Å². The number of anilines is 1. The molecule has 0 radical (unpaired) electrons. The lowest BCUT2D eigenvalue weighted by molar-refractivity contribution is -0.133. The van der Waals surface area contributed by atoms with Crippen molar-refractivity contribution in [3.63, 3.8) is 0 Å². The fraction of sp³-hybridized carbons (Fsp3) is 0.429. The van der Waals surface area contributed by atoms with Crippen molar-refractivity contribution >= 4 is 17.6 Å². The molecule has 0 unspecified atom stereocenters. The standard InChI is InChI=1S/C14H18N2O3/c1-14(2,3)15-12(17)8-16-9-13(18)19-11-7-5-4-6-10(11)16/h4-7H,8-9H2,1-3H3,(H,15,17). The Balaban J connectivity index is 2.13. The van der Waals surface area contributed by atoms with Gasteiger partial charge in [0.2, 0.25) is 5.91 Å². The molecule has 102 valence electrons. The van der Waals surface area contributed by atoms with E-state index in [9.17, 15) is 9.59 Å². The molecule has 0 bridgehead atoms. The maximum atomic E-state index is 11.9. The first-order valence-electron chi connectivity index (χ1n) is 6.21. The van der Waals surface area contributed by atoms with Gasteiger partial charge in [-0.3, -0.25) is 4.79 Å². The molecule has 1 amide bonds. The highest BCUT2D eigenvalue weighted by Crippen LogP contribution is 2.30. The van der Waals surface area contributed by atoms with Gasteiger partial charge in [0.1, 0.15) is 6.54 Å². The highest BCUT2D eigenvalue weighted by molar-refractivity contribution is 5.89. The monoisotopic (exact) mass is 262 g/mol. The Morgan fingerprint density at radius 2 is 2.05 bits per heavy atom. The molecule has 0 saturated heterocycles. The van der Waals surface area contributed by atoms with Crippen LogP contribution < -0.4 is 15.0 Å². The summed E-state index contributed by atoms with van der Waals surface area (Å²) in [6, 6.07) is 7.21. The van der Waals surface area contributed by atoms with Gasteiger partial charge in [-0.05, 0) is 32.9 Å². The molecular weight excluding hydrogens is 244 g/mol. The van der Waals surface area contributed by atoms with Gasteiger partial charge in [-0.2, -0.15) is 0 Å². The molecule has 5 heteroatoms. The second-order valence-electron chi connectivity index (χ2n) is 5.60. The summed E-state index contributed by atoms with van der Waals surface area (Å²) in [5.41, 5.74) is 0.485. The average molecular weight is 262 g/mol. The van der Waals surface area contributed by atoms with E-state index in [1.165, 1.54) is 0 Å². The van der Waals surface area contributed by atoms with E-state index in [1.54, 1.807) is 17.0 Å². The summed E-state index contributed by atoms with van der Waals surface area (Å²) in [7, 11) is 0. The van der Waals surface area contributed by atoms with Crippen LogP contribution in [0.4, 0.5) is 5.69 Å². The highest BCUT2D eigenvalue weighted by atomic mass is 16.5. The lowest BCUT2D eigenvalue weighted by Gasteiger charge is -2.30. The third-order valence-electron chi connectivity index (χ3n) is 2.60. The van der Waals surface area contributed by atoms with Crippen LogP contribution in [0.3, 0.4) is 0 Å². The fourth-order valence-electron chi connectivity index (χ4n) is 1.97. The number of nitrogens with one attached hydrogen (secondary N) is 1. The average Bonchev–Trinajstić information content (AvgIpc) is 2.25. The molecule has 1 aromatic rings. The molecule has 0 saturated carbocycles. The molecule has 0 aliphatic carbocycles. The summed E-state index contributed by atoms with van der Waals surface area (Å²) < 4.78 is 5.13. The third kappa shape index (κ3) is 3.47. The fourth-order valence-corrected chi connectivity index (χ4v) is 1.97. The minimum Gasteiger partial charge on any atom is -0.423 e. The van der Waals surface area contributed by atoms with Crippen molar-refractivity contribution < 1.29 is 14.3 Å². The summed E-state index contributed by atoms with van der Waals surface area (Å²) in [6.45, 7) is 5.99. The minimum absolute atomic E-state index is 0.0918. The van der Waals surface area contributed by atoms with Crippen LogP contribution in [0.2, 0.25) is 0 Å². The zero-order valence-electron chi connectivity index (χ0n) is 11.4. The van der Waals surface area contributed by atoms with Crippen molar-refractivity contribution in [1.82, 2.24) is 5.32 Å². The van der Waals surface area contributed by atoms with Gasteiger partial charge < -0.3 is 15.0 Å². The molecular formula is C14H18N2O3. The summed E-state index contributed by atoms with van der Waals surface area (Å²) in [5.74, 6) is 0.0431. The normalized spacial score (nSPS) is 14.7. The zero-order chi connectivity index (χ0) is 14.0. The van der Waals surface area contributed by atoms with Crippen LogP contribution in [0.15, 0.2) is 24.3 Å². The summed E-state index contributed by atoms with van der Waals surface area (Å²) in [6.07, 6.45) is 0. The third-order valence-corrected chi connectivity index (χ3v) is 2.60. The number of carbonyl (C=O) groups excluding carboxylic acids is 2. The van der Waals surface area contributed by atoms with E-state index in [2.05, 4.69) is 5.32 Å². The Bertz CT molecular complexity index is 506. The second kappa shape index (κ2) is 4.91.